The van der Waals surface area contributed by atoms with E-state index in [1.807, 2.05) is 0 Å². The van der Waals surface area contributed by atoms with Crippen molar-refractivity contribution in [3.05, 3.63) is 29.3 Å². The van der Waals surface area contributed by atoms with Gasteiger partial charge in [0.15, 0.2) is 6.29 Å². The summed E-state index contributed by atoms with van der Waals surface area (Å²) >= 11 is 0.844. The van der Waals surface area contributed by atoms with Gasteiger partial charge in [-0.3, -0.25) is 9.59 Å². The van der Waals surface area contributed by atoms with E-state index in [4.69, 9.17) is 4.74 Å². The minimum absolute atomic E-state index is 0.0971. The molecule has 0 spiro atoms. The van der Waals surface area contributed by atoms with Gasteiger partial charge in [-0.2, -0.15) is 0 Å². The highest BCUT2D eigenvalue weighted by atomic mass is 32.2. The molecule has 0 aliphatic carbocycles. The molecule has 0 atom stereocenters. The van der Waals surface area contributed by atoms with Crippen molar-refractivity contribution in [2.75, 3.05) is 12.9 Å². The molecule has 1 aromatic carbocycles. The predicted molar refractivity (Wildman–Crippen MR) is 72.8 cm³/mol. The molecule has 1 aromatic rings. The number of phenols is 1. The van der Waals surface area contributed by atoms with Gasteiger partial charge < -0.3 is 14.6 Å². The molecule has 1 rings (SSSR count). The minimum Gasteiger partial charge on any atom is -0.507 e. The van der Waals surface area contributed by atoms with Gasteiger partial charge in [-0.1, -0.05) is 12.1 Å². The van der Waals surface area contributed by atoms with Crippen LogP contribution >= 0.6 is 11.8 Å². The van der Waals surface area contributed by atoms with Crippen molar-refractivity contribution in [2.45, 2.75) is 13.0 Å². The normalized spacial score (nSPS) is 9.85. The maximum atomic E-state index is 11.4. The zero-order valence-electron chi connectivity index (χ0n) is 10.8. The molecule has 6 nitrogen and oxygen atoms in total. The van der Waals surface area contributed by atoms with Gasteiger partial charge in [0.2, 0.25) is 0 Å². The van der Waals surface area contributed by atoms with Gasteiger partial charge in [-0.25, -0.2) is 4.79 Å². The highest BCUT2D eigenvalue weighted by Gasteiger charge is 2.10. The van der Waals surface area contributed by atoms with E-state index in [-0.39, 0.29) is 30.1 Å². The summed E-state index contributed by atoms with van der Waals surface area (Å²) in [5.74, 6) is -0.306. The van der Waals surface area contributed by atoms with Crippen LogP contribution < -0.4 is 0 Å². The lowest BCUT2D eigenvalue weighted by molar-refractivity contribution is -0.140. The quantitative estimate of drug-likeness (QED) is 0.635. The topological polar surface area (TPSA) is 89.9 Å². The number of esters is 1. The fraction of sp³-hybridized carbons (Fsp3) is 0.308. The van der Waals surface area contributed by atoms with Crippen molar-refractivity contribution in [3.63, 3.8) is 0 Å². The van der Waals surface area contributed by atoms with Crippen molar-refractivity contribution in [1.82, 2.24) is 0 Å². The van der Waals surface area contributed by atoms with E-state index >= 15 is 0 Å². The second kappa shape index (κ2) is 8.21. The standard InChI is InChI=1S/C13H14O6S/c1-18-12(16)5-6-20-13(17)19-8-9-3-2-4-11(15)10(9)7-14/h2-4,7,15H,5-6,8H2,1H3. The van der Waals surface area contributed by atoms with E-state index in [0.29, 0.717) is 11.8 Å². The molecule has 0 fully saturated rings. The van der Waals surface area contributed by atoms with Crippen molar-refractivity contribution < 1.29 is 29.0 Å². The number of ether oxygens (including phenoxy) is 2. The first-order valence-corrected chi connectivity index (χ1v) is 6.69. The lowest BCUT2D eigenvalue weighted by Gasteiger charge is -2.07. The monoisotopic (exact) mass is 298 g/mol. The summed E-state index contributed by atoms with van der Waals surface area (Å²) in [6, 6.07) is 4.51. The molecule has 7 heteroatoms. The third kappa shape index (κ3) is 4.93. The number of aldehydes is 1. The Labute approximate surface area is 120 Å². The van der Waals surface area contributed by atoms with Crippen LogP contribution in [-0.4, -0.2) is 35.5 Å². The molecule has 0 aromatic heterocycles. The lowest BCUT2D eigenvalue weighted by atomic mass is 10.1. The molecule has 20 heavy (non-hydrogen) atoms. The van der Waals surface area contributed by atoms with Crippen molar-refractivity contribution in [3.8, 4) is 5.75 Å². The molecule has 0 saturated carbocycles. The van der Waals surface area contributed by atoms with E-state index in [1.165, 1.54) is 13.2 Å². The molecule has 0 radical (unpaired) electrons. The SMILES string of the molecule is COC(=O)CCSC(=O)OCc1cccc(O)c1C=O. The van der Waals surface area contributed by atoms with Crippen LogP contribution in [0, 0.1) is 0 Å². The summed E-state index contributed by atoms with van der Waals surface area (Å²) in [4.78, 5) is 33.1. The molecule has 108 valence electrons. The Morgan fingerprint density at radius 1 is 1.40 bits per heavy atom. The zero-order chi connectivity index (χ0) is 15.0. The summed E-state index contributed by atoms with van der Waals surface area (Å²) in [6.07, 6.45) is 0.616. The van der Waals surface area contributed by atoms with Gasteiger partial charge in [0.1, 0.15) is 12.4 Å². The Balaban J connectivity index is 2.43. The van der Waals surface area contributed by atoms with Crippen molar-refractivity contribution in [1.29, 1.82) is 0 Å². The Kier molecular flexibility index (Phi) is 6.58. The van der Waals surface area contributed by atoms with Crippen LogP contribution in [0.3, 0.4) is 0 Å². The first-order chi connectivity index (χ1) is 9.58. The maximum absolute atomic E-state index is 11.4. The van der Waals surface area contributed by atoms with Gasteiger partial charge in [-0.05, 0) is 17.8 Å². The Morgan fingerprint density at radius 2 is 2.15 bits per heavy atom. The van der Waals surface area contributed by atoms with E-state index < -0.39 is 11.3 Å². The van der Waals surface area contributed by atoms with Gasteiger partial charge in [0.25, 0.3) is 0 Å². The van der Waals surface area contributed by atoms with Gasteiger partial charge in [0.05, 0.1) is 19.1 Å². The molecule has 1 N–H and O–H groups in total. The maximum Gasteiger partial charge on any atom is 0.367 e. The Hall–Kier alpha value is -2.02. The number of hydrogen-bond donors (Lipinski definition) is 1. The molecule has 0 amide bonds. The average molecular weight is 298 g/mol. The third-order valence-corrected chi connectivity index (χ3v) is 3.15. The molecule has 0 saturated heterocycles. The van der Waals surface area contributed by atoms with Gasteiger partial charge in [-0.15, -0.1) is 0 Å². The Morgan fingerprint density at radius 3 is 2.80 bits per heavy atom. The first kappa shape index (κ1) is 16.0. The molecule has 0 aliphatic rings. The largest absolute Gasteiger partial charge is 0.507 e. The molecular weight excluding hydrogens is 284 g/mol. The highest BCUT2D eigenvalue weighted by molar-refractivity contribution is 8.13. The van der Waals surface area contributed by atoms with E-state index in [0.717, 1.165) is 11.8 Å². The Bertz CT molecular complexity index is 500. The molecule has 0 bridgehead atoms. The lowest BCUT2D eigenvalue weighted by Crippen LogP contribution is -2.05. The van der Waals surface area contributed by atoms with Crippen LogP contribution in [0.25, 0.3) is 0 Å². The van der Waals surface area contributed by atoms with Crippen LogP contribution in [0.2, 0.25) is 0 Å². The number of aromatic hydroxyl groups is 1. The predicted octanol–water partition coefficient (Wildman–Crippen LogP) is 2.14. The second-order valence-electron chi connectivity index (χ2n) is 3.68. The smallest absolute Gasteiger partial charge is 0.367 e. The van der Waals surface area contributed by atoms with Crippen LogP contribution in [0.15, 0.2) is 18.2 Å². The van der Waals surface area contributed by atoms with Crippen molar-refractivity contribution in [2.24, 2.45) is 0 Å². The number of carbonyl (C=O) groups is 3. The minimum atomic E-state index is -0.561. The van der Waals surface area contributed by atoms with Crippen molar-refractivity contribution >= 4 is 29.3 Å². The zero-order valence-corrected chi connectivity index (χ0v) is 11.6. The highest BCUT2D eigenvalue weighted by Crippen LogP contribution is 2.20. The summed E-state index contributed by atoms with van der Waals surface area (Å²) in [7, 11) is 1.27. The average Bonchev–Trinajstić information content (AvgIpc) is 2.44. The fourth-order valence-corrected chi connectivity index (χ4v) is 1.94. The van der Waals surface area contributed by atoms with Crippen LogP contribution in [0.4, 0.5) is 4.79 Å². The fourth-order valence-electron chi connectivity index (χ4n) is 1.36. The number of carbonyl (C=O) groups excluding carboxylic acids is 3. The summed E-state index contributed by atoms with van der Waals surface area (Å²) < 4.78 is 9.38. The number of hydrogen-bond acceptors (Lipinski definition) is 7. The van der Waals surface area contributed by atoms with E-state index in [1.54, 1.807) is 12.1 Å². The van der Waals surface area contributed by atoms with Crippen LogP contribution in [-0.2, 0) is 20.9 Å². The van der Waals surface area contributed by atoms with Crippen LogP contribution in [0.5, 0.6) is 5.75 Å². The van der Waals surface area contributed by atoms with E-state index in [9.17, 15) is 19.5 Å². The molecule has 0 unspecified atom stereocenters. The summed E-state index contributed by atoms with van der Waals surface area (Å²) in [6.45, 7) is -0.119. The molecule has 0 aliphatic heterocycles. The first-order valence-electron chi connectivity index (χ1n) is 5.71. The number of thioether (sulfide) groups is 1. The third-order valence-electron chi connectivity index (χ3n) is 2.39. The number of rotatable bonds is 6. The summed E-state index contributed by atoms with van der Waals surface area (Å²) in [5.41, 5.74) is 0.516. The van der Waals surface area contributed by atoms with Gasteiger partial charge >= 0.3 is 11.3 Å². The second-order valence-corrected chi connectivity index (χ2v) is 4.71. The number of phenolic OH excluding ortho intramolecular Hbond substituents is 1. The van der Waals surface area contributed by atoms with Crippen LogP contribution in [0.1, 0.15) is 22.3 Å². The number of benzene rings is 1. The number of methoxy groups -OCH3 is 1. The van der Waals surface area contributed by atoms with Gasteiger partial charge in [0, 0.05) is 11.3 Å². The molecule has 0 heterocycles. The van der Waals surface area contributed by atoms with E-state index in [2.05, 4.69) is 4.74 Å². The molecular formula is C13H14O6S. The summed E-state index contributed by atoms with van der Waals surface area (Å²) in [5, 5.41) is 8.90.